The largest absolute Gasteiger partial charge is 0.493 e. The zero-order valence-corrected chi connectivity index (χ0v) is 20.9. The Morgan fingerprint density at radius 1 is 1.09 bits per heavy atom. The first kappa shape index (κ1) is 23.9. The molecule has 4 aliphatic rings. The highest BCUT2D eigenvalue weighted by Crippen LogP contribution is 2.44. The van der Waals surface area contributed by atoms with Crippen molar-refractivity contribution < 1.29 is 23.7 Å². The molecule has 0 radical (unpaired) electrons. The third kappa shape index (κ3) is 5.26. The lowest BCUT2D eigenvalue weighted by molar-refractivity contribution is -0.0361. The van der Waals surface area contributed by atoms with Gasteiger partial charge in [0.2, 0.25) is 0 Å². The number of alkyl carbamates (subject to hydrolysis) is 1. The molecule has 4 aliphatic heterocycles. The first-order valence-corrected chi connectivity index (χ1v) is 12.6. The Balaban J connectivity index is 1.29. The molecule has 0 aliphatic carbocycles. The minimum Gasteiger partial charge on any atom is -0.493 e. The normalized spacial score (nSPS) is 26.4. The standard InChI is InChI=1S/C28H36N2O5/c1-28(2)18-34-24-16-21(19-4-7-22(8-5-19)33-15-14-32-3)6-9-23(24)26(28)29-27(31)35-25-17-30-12-10-20(25)11-13-30/h4-9,16,20,25-26H,10-15,17-18H2,1-3H3,(H,29,31)/t25-,26?/m0/s1. The van der Waals surface area contributed by atoms with E-state index in [1.807, 2.05) is 24.3 Å². The molecule has 2 aromatic rings. The fourth-order valence-electron chi connectivity index (χ4n) is 5.44. The number of piperidine rings is 3. The Morgan fingerprint density at radius 3 is 2.51 bits per heavy atom. The summed E-state index contributed by atoms with van der Waals surface area (Å²) < 4.78 is 22.8. The maximum Gasteiger partial charge on any atom is 0.407 e. The van der Waals surface area contributed by atoms with Gasteiger partial charge < -0.3 is 24.3 Å². The second kappa shape index (κ2) is 10.1. The van der Waals surface area contributed by atoms with E-state index in [1.54, 1.807) is 7.11 Å². The molecule has 0 saturated carbocycles. The van der Waals surface area contributed by atoms with Crippen LogP contribution in [0.2, 0.25) is 0 Å². The molecule has 3 fully saturated rings. The van der Waals surface area contributed by atoms with Gasteiger partial charge in [-0.3, -0.25) is 4.90 Å². The number of amides is 1. The molecule has 1 amide bonds. The van der Waals surface area contributed by atoms with Gasteiger partial charge in [0.1, 0.15) is 24.2 Å². The van der Waals surface area contributed by atoms with Crippen LogP contribution >= 0.6 is 0 Å². The number of benzene rings is 2. The summed E-state index contributed by atoms with van der Waals surface area (Å²) in [6.07, 6.45) is 1.89. The highest BCUT2D eigenvalue weighted by Gasteiger charge is 2.41. The minimum absolute atomic E-state index is 0.0104. The average molecular weight is 481 g/mol. The van der Waals surface area contributed by atoms with Gasteiger partial charge in [-0.1, -0.05) is 38.1 Å². The van der Waals surface area contributed by atoms with Gasteiger partial charge in [0, 0.05) is 24.6 Å². The molecule has 188 valence electrons. The van der Waals surface area contributed by atoms with Gasteiger partial charge in [-0.2, -0.15) is 0 Å². The predicted octanol–water partition coefficient (Wildman–Crippen LogP) is 4.66. The highest BCUT2D eigenvalue weighted by molar-refractivity contribution is 5.70. The van der Waals surface area contributed by atoms with E-state index in [0.717, 1.165) is 60.7 Å². The third-order valence-corrected chi connectivity index (χ3v) is 7.57. The molecule has 6 rings (SSSR count). The van der Waals surface area contributed by atoms with E-state index in [4.69, 9.17) is 18.9 Å². The lowest BCUT2D eigenvalue weighted by atomic mass is 9.78. The van der Waals surface area contributed by atoms with Crippen molar-refractivity contribution in [3.63, 3.8) is 0 Å². The van der Waals surface area contributed by atoms with Gasteiger partial charge >= 0.3 is 6.09 Å². The molecule has 2 aromatic carbocycles. The summed E-state index contributed by atoms with van der Waals surface area (Å²) in [5.41, 5.74) is 2.85. The number of hydrogen-bond donors (Lipinski definition) is 1. The van der Waals surface area contributed by atoms with Gasteiger partial charge in [-0.05, 0) is 61.2 Å². The van der Waals surface area contributed by atoms with Crippen molar-refractivity contribution in [2.75, 3.05) is 46.6 Å². The first-order chi connectivity index (χ1) is 16.9. The molecule has 1 N–H and O–H groups in total. The van der Waals surface area contributed by atoms with E-state index in [2.05, 4.69) is 42.3 Å². The number of nitrogens with one attached hydrogen (secondary N) is 1. The Morgan fingerprint density at radius 2 is 1.83 bits per heavy atom. The SMILES string of the molecule is COCCOc1ccc(-c2ccc3c(c2)OCC(C)(C)C3NC(=O)O[C@H]2CN3CCC2CC3)cc1. The summed E-state index contributed by atoms with van der Waals surface area (Å²) in [7, 11) is 1.66. The Kier molecular flexibility index (Phi) is 6.89. The lowest BCUT2D eigenvalue weighted by Crippen LogP contribution is -2.53. The Labute approximate surface area is 207 Å². The number of fused-ring (bicyclic) bond motifs is 4. The second-order valence-corrected chi connectivity index (χ2v) is 10.6. The van der Waals surface area contributed by atoms with Crippen LogP contribution in [-0.4, -0.2) is 63.7 Å². The lowest BCUT2D eigenvalue weighted by Gasteiger charge is -2.44. The predicted molar refractivity (Wildman–Crippen MR) is 134 cm³/mol. The van der Waals surface area contributed by atoms with Crippen LogP contribution in [0.5, 0.6) is 11.5 Å². The first-order valence-electron chi connectivity index (χ1n) is 12.6. The number of hydrogen-bond acceptors (Lipinski definition) is 6. The number of carbonyl (C=O) groups excluding carboxylic acids is 1. The van der Waals surface area contributed by atoms with E-state index in [9.17, 15) is 4.79 Å². The van der Waals surface area contributed by atoms with Crippen LogP contribution < -0.4 is 14.8 Å². The van der Waals surface area contributed by atoms with Gasteiger partial charge in [-0.25, -0.2) is 4.79 Å². The molecule has 1 unspecified atom stereocenters. The van der Waals surface area contributed by atoms with E-state index in [1.165, 1.54) is 0 Å². The Bertz CT molecular complexity index is 1030. The van der Waals surface area contributed by atoms with Gasteiger partial charge in [-0.15, -0.1) is 0 Å². The number of methoxy groups -OCH3 is 1. The van der Waals surface area contributed by atoms with Crippen molar-refractivity contribution >= 4 is 6.09 Å². The zero-order chi connectivity index (χ0) is 24.4. The summed E-state index contributed by atoms with van der Waals surface area (Å²) >= 11 is 0. The number of rotatable bonds is 7. The fourth-order valence-corrected chi connectivity index (χ4v) is 5.44. The monoisotopic (exact) mass is 480 g/mol. The molecule has 35 heavy (non-hydrogen) atoms. The van der Waals surface area contributed by atoms with Crippen LogP contribution in [-0.2, 0) is 9.47 Å². The number of ether oxygens (including phenoxy) is 4. The molecule has 4 heterocycles. The van der Waals surface area contributed by atoms with Gasteiger partial charge in [0.25, 0.3) is 0 Å². The molecule has 7 heteroatoms. The van der Waals surface area contributed by atoms with Crippen LogP contribution in [0.25, 0.3) is 11.1 Å². The number of nitrogens with zero attached hydrogens (tertiary/aromatic N) is 1. The molecule has 2 atom stereocenters. The van der Waals surface area contributed by atoms with Gasteiger partial charge in [0.05, 0.1) is 19.3 Å². The summed E-state index contributed by atoms with van der Waals surface area (Å²) in [5, 5.41) is 3.18. The van der Waals surface area contributed by atoms with Crippen molar-refractivity contribution in [2.24, 2.45) is 11.3 Å². The van der Waals surface area contributed by atoms with Crippen molar-refractivity contribution in [3.8, 4) is 22.6 Å². The van der Waals surface area contributed by atoms with Crippen LogP contribution in [0.3, 0.4) is 0 Å². The molecule has 0 spiro atoms. The molecule has 7 nitrogen and oxygen atoms in total. The molecule has 2 bridgehead atoms. The van der Waals surface area contributed by atoms with Crippen LogP contribution in [0, 0.1) is 11.3 Å². The summed E-state index contributed by atoms with van der Waals surface area (Å²) in [6, 6.07) is 14.0. The van der Waals surface area contributed by atoms with E-state index in [-0.39, 0.29) is 23.7 Å². The van der Waals surface area contributed by atoms with Crippen LogP contribution in [0.4, 0.5) is 4.79 Å². The van der Waals surface area contributed by atoms with Crippen molar-refractivity contribution in [1.29, 1.82) is 0 Å². The maximum atomic E-state index is 13.0. The van der Waals surface area contributed by atoms with Crippen molar-refractivity contribution in [2.45, 2.75) is 38.8 Å². The topological polar surface area (TPSA) is 69.3 Å². The third-order valence-electron chi connectivity index (χ3n) is 7.57. The molecular formula is C28H36N2O5. The summed E-state index contributed by atoms with van der Waals surface area (Å²) in [6.45, 7) is 8.93. The van der Waals surface area contributed by atoms with E-state index in [0.29, 0.717) is 25.7 Å². The Hall–Kier alpha value is -2.77. The summed E-state index contributed by atoms with van der Waals surface area (Å²) in [5.74, 6) is 2.10. The zero-order valence-electron chi connectivity index (χ0n) is 20.9. The molecular weight excluding hydrogens is 444 g/mol. The smallest absolute Gasteiger partial charge is 0.407 e. The quantitative estimate of drug-likeness (QED) is 0.582. The van der Waals surface area contributed by atoms with E-state index >= 15 is 0 Å². The average Bonchev–Trinajstić information content (AvgIpc) is 2.87. The van der Waals surface area contributed by atoms with Gasteiger partial charge in [0.15, 0.2) is 0 Å². The fraction of sp³-hybridized carbons (Fsp3) is 0.536. The van der Waals surface area contributed by atoms with Crippen LogP contribution in [0.1, 0.15) is 38.3 Å². The number of carbonyl (C=O) groups is 1. The molecule has 0 aromatic heterocycles. The van der Waals surface area contributed by atoms with Crippen molar-refractivity contribution in [3.05, 3.63) is 48.0 Å². The van der Waals surface area contributed by atoms with E-state index < -0.39 is 0 Å². The minimum atomic E-state index is -0.331. The summed E-state index contributed by atoms with van der Waals surface area (Å²) in [4.78, 5) is 15.3. The van der Waals surface area contributed by atoms with Crippen molar-refractivity contribution in [1.82, 2.24) is 10.2 Å². The second-order valence-electron chi connectivity index (χ2n) is 10.6. The highest BCUT2D eigenvalue weighted by atomic mass is 16.6. The molecule has 3 saturated heterocycles. The maximum absolute atomic E-state index is 13.0. The van der Waals surface area contributed by atoms with Crippen LogP contribution in [0.15, 0.2) is 42.5 Å².